The molecular formula is C17H20BrNO2. The second-order valence-corrected chi connectivity index (χ2v) is 5.91. The highest BCUT2D eigenvalue weighted by molar-refractivity contribution is 9.10. The van der Waals surface area contributed by atoms with Gasteiger partial charge in [0.15, 0.2) is 11.5 Å². The standard InChI is InChI=1S/C17H20BrNO2/c1-12(2)19-11-13-8-9-15(14(18)10-13)21-17-7-5-4-6-16(17)20-3/h4-10,12,19H,11H2,1-3H3. The van der Waals surface area contributed by atoms with E-state index in [0.29, 0.717) is 11.8 Å². The predicted molar refractivity (Wildman–Crippen MR) is 89.2 cm³/mol. The summed E-state index contributed by atoms with van der Waals surface area (Å²) in [6.45, 7) is 5.10. The molecule has 2 aromatic carbocycles. The van der Waals surface area contributed by atoms with Gasteiger partial charge in [-0.15, -0.1) is 0 Å². The fraction of sp³-hybridized carbons (Fsp3) is 0.294. The van der Waals surface area contributed by atoms with Crippen molar-refractivity contribution in [2.24, 2.45) is 0 Å². The van der Waals surface area contributed by atoms with E-state index in [1.807, 2.05) is 30.3 Å². The molecule has 0 aromatic heterocycles. The molecule has 0 aliphatic heterocycles. The molecule has 0 unspecified atom stereocenters. The molecule has 0 aliphatic rings. The maximum absolute atomic E-state index is 5.92. The lowest BCUT2D eigenvalue weighted by atomic mass is 10.2. The van der Waals surface area contributed by atoms with Crippen LogP contribution in [0.2, 0.25) is 0 Å². The Labute approximate surface area is 134 Å². The van der Waals surface area contributed by atoms with Crippen LogP contribution >= 0.6 is 15.9 Å². The van der Waals surface area contributed by atoms with Crippen molar-refractivity contribution in [3.8, 4) is 17.2 Å². The quantitative estimate of drug-likeness (QED) is 0.816. The van der Waals surface area contributed by atoms with Gasteiger partial charge in [0.25, 0.3) is 0 Å². The Kier molecular flexibility index (Phi) is 5.65. The number of ether oxygens (including phenoxy) is 2. The minimum absolute atomic E-state index is 0.466. The number of para-hydroxylation sites is 2. The Morgan fingerprint density at radius 1 is 1.05 bits per heavy atom. The zero-order valence-corrected chi connectivity index (χ0v) is 14.1. The molecule has 21 heavy (non-hydrogen) atoms. The number of methoxy groups -OCH3 is 1. The van der Waals surface area contributed by atoms with Crippen molar-refractivity contribution in [3.05, 3.63) is 52.5 Å². The minimum atomic E-state index is 0.466. The van der Waals surface area contributed by atoms with Gasteiger partial charge in [-0.2, -0.15) is 0 Å². The number of benzene rings is 2. The maximum atomic E-state index is 5.92. The van der Waals surface area contributed by atoms with Gasteiger partial charge in [-0.1, -0.05) is 32.0 Å². The molecule has 2 rings (SSSR count). The third-order valence-corrected chi connectivity index (χ3v) is 3.62. The Morgan fingerprint density at radius 3 is 2.38 bits per heavy atom. The molecule has 0 fully saturated rings. The minimum Gasteiger partial charge on any atom is -0.493 e. The molecule has 0 heterocycles. The molecule has 0 amide bonds. The van der Waals surface area contributed by atoms with Crippen LogP contribution in [0, 0.1) is 0 Å². The van der Waals surface area contributed by atoms with E-state index in [4.69, 9.17) is 9.47 Å². The van der Waals surface area contributed by atoms with Crippen molar-refractivity contribution in [2.75, 3.05) is 7.11 Å². The Balaban J connectivity index is 2.14. The van der Waals surface area contributed by atoms with Gasteiger partial charge in [-0.05, 0) is 45.8 Å². The first-order valence-corrected chi connectivity index (χ1v) is 7.72. The van der Waals surface area contributed by atoms with Crippen LogP contribution in [0.4, 0.5) is 0 Å². The number of hydrogen-bond acceptors (Lipinski definition) is 3. The van der Waals surface area contributed by atoms with Crippen molar-refractivity contribution in [2.45, 2.75) is 26.4 Å². The normalized spacial score (nSPS) is 10.7. The third kappa shape index (κ3) is 4.48. The first-order chi connectivity index (χ1) is 10.1. The fourth-order valence-corrected chi connectivity index (χ4v) is 2.39. The molecule has 0 atom stereocenters. The molecule has 2 aromatic rings. The van der Waals surface area contributed by atoms with E-state index in [1.54, 1.807) is 7.11 Å². The largest absolute Gasteiger partial charge is 0.493 e. The summed E-state index contributed by atoms with van der Waals surface area (Å²) in [4.78, 5) is 0. The van der Waals surface area contributed by atoms with Gasteiger partial charge in [0.1, 0.15) is 5.75 Å². The highest BCUT2D eigenvalue weighted by Gasteiger charge is 2.08. The van der Waals surface area contributed by atoms with Crippen LogP contribution in [0.3, 0.4) is 0 Å². The van der Waals surface area contributed by atoms with Gasteiger partial charge in [-0.3, -0.25) is 0 Å². The van der Waals surface area contributed by atoms with Crippen LogP contribution in [0.1, 0.15) is 19.4 Å². The highest BCUT2D eigenvalue weighted by Crippen LogP contribution is 2.35. The molecule has 1 N–H and O–H groups in total. The highest BCUT2D eigenvalue weighted by atomic mass is 79.9. The van der Waals surface area contributed by atoms with E-state index >= 15 is 0 Å². The van der Waals surface area contributed by atoms with Crippen molar-refractivity contribution in [3.63, 3.8) is 0 Å². The SMILES string of the molecule is COc1ccccc1Oc1ccc(CNC(C)C)cc1Br. The van der Waals surface area contributed by atoms with Crippen molar-refractivity contribution < 1.29 is 9.47 Å². The van der Waals surface area contributed by atoms with Crippen molar-refractivity contribution >= 4 is 15.9 Å². The average molecular weight is 350 g/mol. The van der Waals surface area contributed by atoms with Gasteiger partial charge >= 0.3 is 0 Å². The second-order valence-electron chi connectivity index (χ2n) is 5.05. The van der Waals surface area contributed by atoms with Crippen molar-refractivity contribution in [1.29, 1.82) is 0 Å². The summed E-state index contributed by atoms with van der Waals surface area (Å²) in [7, 11) is 1.64. The third-order valence-electron chi connectivity index (χ3n) is 3.00. The van der Waals surface area contributed by atoms with Crippen LogP contribution in [0.15, 0.2) is 46.9 Å². The van der Waals surface area contributed by atoms with E-state index < -0.39 is 0 Å². The van der Waals surface area contributed by atoms with Gasteiger partial charge in [0.05, 0.1) is 11.6 Å². The van der Waals surface area contributed by atoms with Crippen molar-refractivity contribution in [1.82, 2.24) is 5.32 Å². The summed E-state index contributed by atoms with van der Waals surface area (Å²) in [6.07, 6.45) is 0. The molecule has 0 radical (unpaired) electrons. The summed E-state index contributed by atoms with van der Waals surface area (Å²) < 4.78 is 12.1. The molecule has 3 nitrogen and oxygen atoms in total. The predicted octanol–water partition coefficient (Wildman–Crippen LogP) is 4.75. The van der Waals surface area contributed by atoms with E-state index in [2.05, 4.69) is 47.2 Å². The van der Waals surface area contributed by atoms with Crippen LogP contribution < -0.4 is 14.8 Å². The van der Waals surface area contributed by atoms with E-state index in [1.165, 1.54) is 5.56 Å². The maximum Gasteiger partial charge on any atom is 0.169 e. The second kappa shape index (κ2) is 7.48. The molecule has 0 spiro atoms. The molecule has 112 valence electrons. The summed E-state index contributed by atoms with van der Waals surface area (Å²) in [5.74, 6) is 2.19. The number of nitrogens with one attached hydrogen (secondary N) is 1. The Hall–Kier alpha value is -1.52. The van der Waals surface area contributed by atoms with Crippen LogP contribution in [0.5, 0.6) is 17.2 Å². The molecular weight excluding hydrogens is 330 g/mol. The van der Waals surface area contributed by atoms with Gasteiger partial charge in [-0.25, -0.2) is 0 Å². The first-order valence-electron chi connectivity index (χ1n) is 6.93. The average Bonchev–Trinajstić information content (AvgIpc) is 2.48. The summed E-state index contributed by atoms with van der Waals surface area (Å²) in [5.41, 5.74) is 1.21. The molecule has 0 saturated heterocycles. The first kappa shape index (κ1) is 15.9. The number of halogens is 1. The smallest absolute Gasteiger partial charge is 0.169 e. The number of rotatable bonds is 6. The van der Waals surface area contributed by atoms with E-state index in [9.17, 15) is 0 Å². The summed E-state index contributed by atoms with van der Waals surface area (Å²) >= 11 is 3.56. The lowest BCUT2D eigenvalue weighted by Gasteiger charge is -2.13. The van der Waals surface area contributed by atoms with Gasteiger partial charge < -0.3 is 14.8 Å². The molecule has 0 bridgehead atoms. The Morgan fingerprint density at radius 2 is 1.76 bits per heavy atom. The summed E-state index contributed by atoms with van der Waals surface area (Å²) in [5, 5.41) is 3.39. The fourth-order valence-electron chi connectivity index (χ4n) is 1.88. The monoisotopic (exact) mass is 349 g/mol. The van der Waals surface area contributed by atoms with E-state index in [-0.39, 0.29) is 0 Å². The molecule has 4 heteroatoms. The lowest BCUT2D eigenvalue weighted by Crippen LogP contribution is -2.21. The summed E-state index contributed by atoms with van der Waals surface area (Å²) in [6, 6.07) is 14.2. The zero-order valence-electron chi connectivity index (χ0n) is 12.5. The lowest BCUT2D eigenvalue weighted by molar-refractivity contribution is 0.378. The topological polar surface area (TPSA) is 30.5 Å². The van der Waals surface area contributed by atoms with Crippen LogP contribution in [-0.4, -0.2) is 13.2 Å². The zero-order chi connectivity index (χ0) is 15.2. The van der Waals surface area contributed by atoms with Crippen LogP contribution in [0.25, 0.3) is 0 Å². The molecule has 0 aliphatic carbocycles. The van der Waals surface area contributed by atoms with Crippen LogP contribution in [-0.2, 0) is 6.54 Å². The molecule has 0 saturated carbocycles. The number of hydrogen-bond donors (Lipinski definition) is 1. The Bertz CT molecular complexity index is 599. The van der Waals surface area contributed by atoms with E-state index in [0.717, 1.165) is 22.5 Å². The van der Waals surface area contributed by atoms with Gasteiger partial charge in [0.2, 0.25) is 0 Å². The van der Waals surface area contributed by atoms with Gasteiger partial charge in [0, 0.05) is 12.6 Å².